The molecular weight excluding hydrogens is 480 g/mol. The number of H-pyrrole nitrogens is 1. The molecule has 0 saturated heterocycles. The Kier molecular flexibility index (Phi) is 8.75. The molecule has 0 spiro atoms. The fourth-order valence-corrected chi connectivity index (χ4v) is 4.44. The van der Waals surface area contributed by atoms with E-state index in [9.17, 15) is 9.59 Å². The van der Waals surface area contributed by atoms with Gasteiger partial charge in [0.1, 0.15) is 12.4 Å². The number of carbonyl (C=O) groups excluding carboxylic acids is 2. The predicted molar refractivity (Wildman–Crippen MR) is 148 cm³/mol. The van der Waals surface area contributed by atoms with Crippen LogP contribution in [0.3, 0.4) is 0 Å². The van der Waals surface area contributed by atoms with Crippen molar-refractivity contribution in [3.8, 4) is 11.4 Å². The normalized spacial score (nSPS) is 13.0. The maximum absolute atomic E-state index is 13.3. The Morgan fingerprint density at radius 3 is 2.42 bits per heavy atom. The molecular formula is C28H38N8O2. The van der Waals surface area contributed by atoms with E-state index in [4.69, 9.17) is 0 Å². The van der Waals surface area contributed by atoms with Crippen LogP contribution >= 0.6 is 0 Å². The van der Waals surface area contributed by atoms with Gasteiger partial charge < -0.3 is 15.5 Å². The number of carbonyl (C=O) groups is 2. The van der Waals surface area contributed by atoms with Crippen molar-refractivity contribution in [2.45, 2.75) is 46.8 Å². The van der Waals surface area contributed by atoms with Crippen LogP contribution in [0.4, 0.5) is 5.69 Å². The molecule has 3 N–H and O–H groups in total. The van der Waals surface area contributed by atoms with Gasteiger partial charge in [-0.15, -0.1) is 0 Å². The van der Waals surface area contributed by atoms with Crippen LogP contribution in [-0.2, 0) is 22.7 Å². The number of benzene rings is 2. The van der Waals surface area contributed by atoms with E-state index in [2.05, 4.69) is 51.8 Å². The van der Waals surface area contributed by atoms with Gasteiger partial charge >= 0.3 is 0 Å². The van der Waals surface area contributed by atoms with Gasteiger partial charge in [0.05, 0.1) is 6.54 Å². The second kappa shape index (κ2) is 12.2. The largest absolute Gasteiger partial charge is 0.376 e. The number of aromatic nitrogens is 3. The molecule has 4 rings (SSSR count). The molecule has 2 amide bonds. The first-order valence-corrected chi connectivity index (χ1v) is 13.0. The third-order valence-electron chi connectivity index (χ3n) is 6.75. The third-order valence-corrected chi connectivity index (χ3v) is 6.75. The first kappa shape index (κ1) is 27.3. The van der Waals surface area contributed by atoms with Crippen LogP contribution in [0, 0.1) is 13.8 Å². The Balaban J connectivity index is 1.40. The molecule has 3 aromatic rings. The molecule has 0 saturated carbocycles. The molecule has 10 heteroatoms. The minimum Gasteiger partial charge on any atom is -0.376 e. The Hall–Kier alpha value is -3.76. The maximum Gasteiger partial charge on any atom is 0.256 e. The number of rotatable bonds is 11. The van der Waals surface area contributed by atoms with Crippen molar-refractivity contribution in [2.24, 2.45) is 0 Å². The Labute approximate surface area is 224 Å². The summed E-state index contributed by atoms with van der Waals surface area (Å²) in [4.78, 5) is 32.6. The number of likely N-dealkylation sites (N-methyl/N-ethyl adjacent to an activating group) is 1. The van der Waals surface area contributed by atoms with Gasteiger partial charge in [0, 0.05) is 50.5 Å². The molecule has 0 bridgehead atoms. The van der Waals surface area contributed by atoms with Gasteiger partial charge in [0.25, 0.3) is 5.91 Å². The number of hydrogen-bond acceptors (Lipinski definition) is 7. The summed E-state index contributed by atoms with van der Waals surface area (Å²) in [5, 5.41) is 17.4. The average Bonchev–Trinajstić information content (AvgIpc) is 3.53. The summed E-state index contributed by atoms with van der Waals surface area (Å²) in [5.74, 6) is 1.09. The van der Waals surface area contributed by atoms with Crippen molar-refractivity contribution in [3.05, 3.63) is 65.0 Å². The van der Waals surface area contributed by atoms with Crippen molar-refractivity contribution in [1.29, 1.82) is 0 Å². The predicted octanol–water partition coefficient (Wildman–Crippen LogP) is 2.72. The summed E-state index contributed by atoms with van der Waals surface area (Å²) in [6, 6.07) is 14.4. The summed E-state index contributed by atoms with van der Waals surface area (Å²) in [5.41, 5.74) is 5.14. The number of fused-ring (bicyclic) bond motifs is 1. The number of aromatic amines is 1. The van der Waals surface area contributed by atoms with Crippen LogP contribution in [0.1, 0.15) is 36.4 Å². The SMILES string of the molecule is Cc1nc(-c2ccc(C)c(NCC(=O)N(CCNC(C)C)CC(=O)N(C)N3Cc4ccccc4C3)c2)n[nH]1. The van der Waals surface area contributed by atoms with E-state index in [-0.39, 0.29) is 30.9 Å². The average molecular weight is 519 g/mol. The number of hydrazine groups is 1. The highest BCUT2D eigenvalue weighted by Crippen LogP contribution is 2.24. The lowest BCUT2D eigenvalue weighted by molar-refractivity contribution is -0.151. The van der Waals surface area contributed by atoms with Gasteiger partial charge in [0.15, 0.2) is 5.82 Å². The fraction of sp³-hybridized carbons (Fsp3) is 0.429. The van der Waals surface area contributed by atoms with Crippen molar-refractivity contribution >= 4 is 17.5 Å². The quantitative estimate of drug-likeness (QED) is 0.358. The molecule has 1 aliphatic rings. The summed E-state index contributed by atoms with van der Waals surface area (Å²) >= 11 is 0. The minimum absolute atomic E-state index is 0.0130. The highest BCUT2D eigenvalue weighted by molar-refractivity contribution is 5.87. The Bertz CT molecular complexity index is 1250. The monoisotopic (exact) mass is 518 g/mol. The van der Waals surface area contributed by atoms with Crippen molar-refractivity contribution < 1.29 is 9.59 Å². The van der Waals surface area contributed by atoms with Gasteiger partial charge in [-0.3, -0.25) is 19.7 Å². The second-order valence-corrected chi connectivity index (χ2v) is 10.1. The molecule has 2 aromatic carbocycles. The lowest BCUT2D eigenvalue weighted by atomic mass is 10.1. The van der Waals surface area contributed by atoms with Gasteiger partial charge in [-0.25, -0.2) is 9.99 Å². The number of nitrogens with one attached hydrogen (secondary N) is 3. The van der Waals surface area contributed by atoms with E-state index in [1.54, 1.807) is 17.0 Å². The van der Waals surface area contributed by atoms with Crippen LogP contribution in [0.5, 0.6) is 0 Å². The van der Waals surface area contributed by atoms with Gasteiger partial charge in [0.2, 0.25) is 5.91 Å². The number of hydrogen-bond donors (Lipinski definition) is 3. The van der Waals surface area contributed by atoms with Gasteiger partial charge in [-0.05, 0) is 36.6 Å². The summed E-state index contributed by atoms with van der Waals surface area (Å²) in [7, 11) is 1.78. The van der Waals surface area contributed by atoms with E-state index in [0.29, 0.717) is 32.0 Å². The summed E-state index contributed by atoms with van der Waals surface area (Å²) < 4.78 is 0. The van der Waals surface area contributed by atoms with Crippen molar-refractivity contribution in [2.75, 3.05) is 38.5 Å². The van der Waals surface area contributed by atoms with E-state index < -0.39 is 0 Å². The summed E-state index contributed by atoms with van der Waals surface area (Å²) in [6.45, 7) is 10.5. The molecule has 2 heterocycles. The van der Waals surface area contributed by atoms with Crippen LogP contribution < -0.4 is 10.6 Å². The van der Waals surface area contributed by atoms with Crippen LogP contribution in [0.15, 0.2) is 42.5 Å². The molecule has 0 aliphatic carbocycles. The van der Waals surface area contributed by atoms with Crippen LogP contribution in [0.25, 0.3) is 11.4 Å². The standard InChI is InChI=1S/C28H38N8O2/c1-19(2)29-12-13-35(18-27(38)34(5)36-16-23-8-6-7-9-24(23)17-36)26(37)15-30-25-14-22(11-10-20(25)3)28-31-21(4)32-33-28/h6-11,14,19,29-30H,12-13,15-18H2,1-5H3,(H,31,32,33). The molecule has 0 fully saturated rings. The Morgan fingerprint density at radius 2 is 1.79 bits per heavy atom. The molecule has 0 unspecified atom stereocenters. The number of aryl methyl sites for hydroxylation is 2. The first-order chi connectivity index (χ1) is 18.2. The van der Waals surface area contributed by atoms with Crippen molar-refractivity contribution in [1.82, 2.24) is 35.4 Å². The number of anilines is 1. The zero-order valence-electron chi connectivity index (χ0n) is 22.9. The van der Waals surface area contributed by atoms with E-state index in [1.165, 1.54) is 11.1 Å². The smallest absolute Gasteiger partial charge is 0.256 e. The third kappa shape index (κ3) is 6.76. The molecule has 10 nitrogen and oxygen atoms in total. The van der Waals surface area contributed by atoms with Crippen LogP contribution in [0.2, 0.25) is 0 Å². The van der Waals surface area contributed by atoms with Gasteiger partial charge in [-0.1, -0.05) is 50.2 Å². The number of amides is 2. The molecule has 0 radical (unpaired) electrons. The maximum atomic E-state index is 13.3. The minimum atomic E-state index is -0.138. The molecule has 202 valence electrons. The van der Waals surface area contributed by atoms with Gasteiger partial charge in [-0.2, -0.15) is 5.10 Å². The first-order valence-electron chi connectivity index (χ1n) is 13.0. The topological polar surface area (TPSA) is 109 Å². The highest BCUT2D eigenvalue weighted by Gasteiger charge is 2.27. The second-order valence-electron chi connectivity index (χ2n) is 10.1. The lowest BCUT2D eigenvalue weighted by Crippen LogP contribution is -2.49. The zero-order chi connectivity index (χ0) is 27.2. The number of nitrogens with zero attached hydrogens (tertiary/aromatic N) is 5. The molecule has 1 aromatic heterocycles. The fourth-order valence-electron chi connectivity index (χ4n) is 4.44. The lowest BCUT2D eigenvalue weighted by Gasteiger charge is -2.31. The van der Waals surface area contributed by atoms with E-state index >= 15 is 0 Å². The highest BCUT2D eigenvalue weighted by atomic mass is 16.2. The molecule has 0 atom stereocenters. The Morgan fingerprint density at radius 1 is 1.08 bits per heavy atom. The van der Waals surface area contributed by atoms with Crippen molar-refractivity contribution in [3.63, 3.8) is 0 Å². The van der Waals surface area contributed by atoms with E-state index in [0.717, 1.165) is 22.6 Å². The van der Waals surface area contributed by atoms with Crippen LogP contribution in [-0.4, -0.2) is 81.2 Å². The molecule has 1 aliphatic heterocycles. The van der Waals surface area contributed by atoms with E-state index in [1.807, 2.05) is 49.2 Å². The molecule has 38 heavy (non-hydrogen) atoms. The zero-order valence-corrected chi connectivity index (χ0v) is 22.9. The summed E-state index contributed by atoms with van der Waals surface area (Å²) in [6.07, 6.45) is 0.